The van der Waals surface area contributed by atoms with Crippen LogP contribution in [0.25, 0.3) is 11.1 Å². The van der Waals surface area contributed by atoms with Crippen LogP contribution in [0, 0.1) is 12.3 Å². The average molecular weight is 398 g/mol. The van der Waals surface area contributed by atoms with Crippen LogP contribution in [0.15, 0.2) is 54.7 Å². The molecule has 6 nitrogen and oxygen atoms in total. The van der Waals surface area contributed by atoms with Crippen LogP contribution in [0.4, 0.5) is 5.95 Å². The number of carbonyl (C=O) groups excluding carboxylic acids is 1. The predicted molar refractivity (Wildman–Crippen MR) is 116 cm³/mol. The van der Waals surface area contributed by atoms with E-state index in [-0.39, 0.29) is 11.4 Å². The van der Waals surface area contributed by atoms with Gasteiger partial charge in [-0.25, -0.2) is 4.98 Å². The van der Waals surface area contributed by atoms with Gasteiger partial charge in [0, 0.05) is 24.4 Å². The minimum Gasteiger partial charge on any atom is -0.480 e. The SMILES string of the molecule is C#Cc1ccc(C(=O)NC2(c3ccc(-c4cnc(NC)nc4OC)cc3)CC2)cc1. The van der Waals surface area contributed by atoms with Gasteiger partial charge in [-0.3, -0.25) is 4.79 Å². The Morgan fingerprint density at radius 1 is 1.13 bits per heavy atom. The molecule has 1 amide bonds. The normalized spacial score (nSPS) is 13.8. The Bertz CT molecular complexity index is 1110. The lowest BCUT2D eigenvalue weighted by Crippen LogP contribution is -2.34. The van der Waals surface area contributed by atoms with Crippen LogP contribution in [0.2, 0.25) is 0 Å². The van der Waals surface area contributed by atoms with Crippen molar-refractivity contribution in [3.05, 3.63) is 71.4 Å². The molecule has 2 N–H and O–H groups in total. The number of nitrogens with one attached hydrogen (secondary N) is 2. The van der Waals surface area contributed by atoms with Gasteiger partial charge >= 0.3 is 0 Å². The Morgan fingerprint density at radius 3 is 2.40 bits per heavy atom. The molecule has 0 bridgehead atoms. The van der Waals surface area contributed by atoms with Gasteiger partial charge in [-0.05, 0) is 48.2 Å². The molecule has 150 valence electrons. The standard InChI is InChI=1S/C24H22N4O2/c1-4-16-5-7-18(8-6-16)21(29)28-24(13-14-24)19-11-9-17(10-12-19)20-15-26-23(25-2)27-22(20)30-3/h1,5-12,15H,13-14H2,2-3H3,(H,28,29)(H,25,26,27). The van der Waals surface area contributed by atoms with Crippen LogP contribution < -0.4 is 15.4 Å². The van der Waals surface area contributed by atoms with Gasteiger partial charge in [0.2, 0.25) is 11.8 Å². The number of rotatable bonds is 6. The van der Waals surface area contributed by atoms with Crippen LogP contribution in [0.1, 0.15) is 34.3 Å². The summed E-state index contributed by atoms with van der Waals surface area (Å²) in [5, 5.41) is 6.09. The zero-order valence-electron chi connectivity index (χ0n) is 16.9. The van der Waals surface area contributed by atoms with Gasteiger partial charge in [0.15, 0.2) is 0 Å². The number of anilines is 1. The summed E-state index contributed by atoms with van der Waals surface area (Å²) >= 11 is 0. The second-order valence-electron chi connectivity index (χ2n) is 7.20. The van der Waals surface area contributed by atoms with E-state index >= 15 is 0 Å². The molecule has 1 aliphatic carbocycles. The molecule has 0 unspecified atom stereocenters. The molecule has 2 aromatic carbocycles. The monoisotopic (exact) mass is 398 g/mol. The first-order valence-electron chi connectivity index (χ1n) is 9.67. The molecule has 0 radical (unpaired) electrons. The van der Waals surface area contributed by atoms with E-state index in [4.69, 9.17) is 11.2 Å². The summed E-state index contributed by atoms with van der Waals surface area (Å²) in [6, 6.07) is 15.1. The van der Waals surface area contributed by atoms with Gasteiger partial charge in [-0.2, -0.15) is 4.98 Å². The molecule has 0 aliphatic heterocycles. The molecule has 1 aromatic heterocycles. The largest absolute Gasteiger partial charge is 0.480 e. The van der Waals surface area contributed by atoms with Crippen molar-refractivity contribution in [2.75, 3.05) is 19.5 Å². The molecule has 4 rings (SSSR count). The summed E-state index contributed by atoms with van der Waals surface area (Å²) in [7, 11) is 3.35. The van der Waals surface area contributed by atoms with Crippen molar-refractivity contribution in [3.8, 4) is 29.4 Å². The van der Waals surface area contributed by atoms with E-state index < -0.39 is 0 Å². The maximum absolute atomic E-state index is 12.7. The summed E-state index contributed by atoms with van der Waals surface area (Å²) in [6.45, 7) is 0. The van der Waals surface area contributed by atoms with Crippen molar-refractivity contribution in [2.45, 2.75) is 18.4 Å². The van der Waals surface area contributed by atoms with Gasteiger partial charge in [-0.1, -0.05) is 30.2 Å². The minimum absolute atomic E-state index is 0.0992. The molecule has 0 spiro atoms. The quantitative estimate of drug-likeness (QED) is 0.621. The highest BCUT2D eigenvalue weighted by atomic mass is 16.5. The fourth-order valence-corrected chi connectivity index (χ4v) is 3.43. The fourth-order valence-electron chi connectivity index (χ4n) is 3.43. The fraction of sp³-hybridized carbons (Fsp3) is 0.208. The van der Waals surface area contributed by atoms with E-state index in [1.807, 2.05) is 24.3 Å². The molecular formula is C24H22N4O2. The van der Waals surface area contributed by atoms with Gasteiger partial charge in [0.05, 0.1) is 18.2 Å². The number of carbonyl (C=O) groups is 1. The van der Waals surface area contributed by atoms with E-state index in [2.05, 4.69) is 26.5 Å². The lowest BCUT2D eigenvalue weighted by Gasteiger charge is -2.19. The second-order valence-corrected chi connectivity index (χ2v) is 7.20. The maximum atomic E-state index is 12.7. The lowest BCUT2D eigenvalue weighted by atomic mass is 10.00. The topological polar surface area (TPSA) is 76.1 Å². The molecule has 3 aromatic rings. The Balaban J connectivity index is 1.54. The summed E-state index contributed by atoms with van der Waals surface area (Å²) < 4.78 is 5.41. The van der Waals surface area contributed by atoms with Gasteiger partial charge < -0.3 is 15.4 Å². The smallest absolute Gasteiger partial charge is 0.251 e. The number of terminal acetylenes is 1. The van der Waals surface area contributed by atoms with Crippen LogP contribution in [-0.2, 0) is 5.54 Å². The summed E-state index contributed by atoms with van der Waals surface area (Å²) in [6.07, 6.45) is 8.93. The highest BCUT2D eigenvalue weighted by Crippen LogP contribution is 2.46. The van der Waals surface area contributed by atoms with Crippen molar-refractivity contribution in [1.29, 1.82) is 0 Å². The first-order valence-corrected chi connectivity index (χ1v) is 9.67. The van der Waals surface area contributed by atoms with Gasteiger partial charge in [0.1, 0.15) is 0 Å². The third-order valence-electron chi connectivity index (χ3n) is 5.34. The highest BCUT2D eigenvalue weighted by Gasteiger charge is 2.45. The van der Waals surface area contributed by atoms with E-state index in [1.54, 1.807) is 44.6 Å². The van der Waals surface area contributed by atoms with Crippen molar-refractivity contribution < 1.29 is 9.53 Å². The van der Waals surface area contributed by atoms with Crippen molar-refractivity contribution >= 4 is 11.9 Å². The Hall–Kier alpha value is -3.85. The Morgan fingerprint density at radius 2 is 1.83 bits per heavy atom. The molecule has 1 fully saturated rings. The van der Waals surface area contributed by atoms with Crippen LogP contribution in [-0.4, -0.2) is 30.0 Å². The van der Waals surface area contributed by atoms with E-state index in [0.717, 1.165) is 35.1 Å². The van der Waals surface area contributed by atoms with Gasteiger partial charge in [-0.15, -0.1) is 6.42 Å². The Labute approximate surface area is 175 Å². The van der Waals surface area contributed by atoms with Gasteiger partial charge in [0.25, 0.3) is 5.91 Å². The number of hydrogen-bond donors (Lipinski definition) is 2. The first kappa shape index (κ1) is 19.5. The van der Waals surface area contributed by atoms with Crippen LogP contribution in [0.5, 0.6) is 5.88 Å². The molecule has 0 saturated heterocycles. The number of ether oxygens (including phenoxy) is 1. The summed E-state index contributed by atoms with van der Waals surface area (Å²) in [4.78, 5) is 21.3. The van der Waals surface area contributed by atoms with Crippen molar-refractivity contribution in [1.82, 2.24) is 15.3 Å². The number of nitrogens with zero attached hydrogens (tertiary/aromatic N) is 2. The maximum Gasteiger partial charge on any atom is 0.251 e. The Kier molecular flexibility index (Phi) is 5.11. The number of benzene rings is 2. The van der Waals surface area contributed by atoms with E-state index in [1.165, 1.54) is 0 Å². The zero-order valence-corrected chi connectivity index (χ0v) is 16.9. The molecule has 6 heteroatoms. The molecule has 0 atom stereocenters. The van der Waals surface area contributed by atoms with E-state index in [9.17, 15) is 4.79 Å². The van der Waals surface area contributed by atoms with Crippen LogP contribution in [0.3, 0.4) is 0 Å². The zero-order chi connectivity index (χ0) is 21.1. The van der Waals surface area contributed by atoms with E-state index in [0.29, 0.717) is 17.4 Å². The third kappa shape index (κ3) is 3.70. The molecule has 30 heavy (non-hydrogen) atoms. The lowest BCUT2D eigenvalue weighted by molar-refractivity contribution is 0.0931. The molecule has 1 aliphatic rings. The minimum atomic E-state index is -0.322. The van der Waals surface area contributed by atoms with Crippen LogP contribution >= 0.6 is 0 Å². The van der Waals surface area contributed by atoms with Crippen molar-refractivity contribution in [2.24, 2.45) is 0 Å². The number of amides is 1. The number of aromatic nitrogens is 2. The third-order valence-corrected chi connectivity index (χ3v) is 5.34. The van der Waals surface area contributed by atoms with Crippen molar-refractivity contribution in [3.63, 3.8) is 0 Å². The predicted octanol–water partition coefficient (Wildman–Crippen LogP) is 3.59. The number of hydrogen-bond acceptors (Lipinski definition) is 5. The highest BCUT2D eigenvalue weighted by molar-refractivity contribution is 5.95. The average Bonchev–Trinajstić information content (AvgIpc) is 3.59. The second kappa shape index (κ2) is 7.88. The molecule has 1 heterocycles. The summed E-state index contributed by atoms with van der Waals surface area (Å²) in [5.74, 6) is 3.47. The first-order chi connectivity index (χ1) is 14.6. The number of methoxy groups -OCH3 is 1. The molecular weight excluding hydrogens is 376 g/mol. The molecule has 1 saturated carbocycles. The summed E-state index contributed by atoms with van der Waals surface area (Å²) in [5.41, 5.74) is 3.87.